The lowest BCUT2D eigenvalue weighted by atomic mass is 10.2. The Bertz CT molecular complexity index is 376. The van der Waals surface area contributed by atoms with Gasteiger partial charge in [0.05, 0.1) is 5.56 Å². The van der Waals surface area contributed by atoms with E-state index >= 15 is 0 Å². The molecule has 0 radical (unpaired) electrons. The van der Waals surface area contributed by atoms with Crippen LogP contribution in [0.25, 0.3) is 0 Å². The smallest absolute Gasteiger partial charge is 0.254 e. The van der Waals surface area contributed by atoms with E-state index in [1.165, 1.54) is 0 Å². The zero-order valence-electron chi connectivity index (χ0n) is 9.77. The lowest BCUT2D eigenvalue weighted by Gasteiger charge is -2.10. The predicted octanol–water partition coefficient (Wildman–Crippen LogP) is 1.14. The van der Waals surface area contributed by atoms with Gasteiger partial charge in [0, 0.05) is 30.7 Å². The fourth-order valence-electron chi connectivity index (χ4n) is 1.61. The van der Waals surface area contributed by atoms with Crippen molar-refractivity contribution in [1.82, 2.24) is 15.3 Å². The fourth-order valence-corrected chi connectivity index (χ4v) is 2.76. The summed E-state index contributed by atoms with van der Waals surface area (Å²) in [5.41, 5.74) is 0.517. The summed E-state index contributed by atoms with van der Waals surface area (Å²) in [5, 5.41) is 5.98. The van der Waals surface area contributed by atoms with Gasteiger partial charge in [-0.15, -0.1) is 0 Å². The van der Waals surface area contributed by atoms with Gasteiger partial charge in [0.1, 0.15) is 0 Å². The standard InChI is InChI=1S/C11H16N4OS/c1-2-12-11-13-5-8(6-14-11)10(16)15-9-3-4-17-7-9/h5-6,9H,2-4,7H2,1H3,(H,15,16)(H,12,13,14)/t9-/m1/s1. The van der Waals surface area contributed by atoms with Crippen LogP contribution < -0.4 is 10.6 Å². The summed E-state index contributed by atoms with van der Waals surface area (Å²) in [6.07, 6.45) is 4.16. The molecule has 0 aromatic carbocycles. The van der Waals surface area contributed by atoms with Crippen LogP contribution in [0, 0.1) is 0 Å². The van der Waals surface area contributed by atoms with E-state index in [2.05, 4.69) is 20.6 Å². The van der Waals surface area contributed by atoms with Crippen LogP contribution >= 0.6 is 11.8 Å². The molecule has 1 aliphatic rings. The Morgan fingerprint density at radius 1 is 1.53 bits per heavy atom. The van der Waals surface area contributed by atoms with Gasteiger partial charge in [0.25, 0.3) is 5.91 Å². The number of aromatic nitrogens is 2. The lowest BCUT2D eigenvalue weighted by molar-refractivity contribution is 0.0940. The first-order valence-corrected chi connectivity index (χ1v) is 6.89. The molecular formula is C11H16N4OS. The van der Waals surface area contributed by atoms with E-state index in [4.69, 9.17) is 0 Å². The number of carbonyl (C=O) groups excluding carboxylic acids is 1. The number of hydrogen-bond donors (Lipinski definition) is 2. The molecule has 0 aliphatic carbocycles. The molecule has 1 atom stereocenters. The molecule has 0 bridgehead atoms. The molecule has 1 aromatic rings. The van der Waals surface area contributed by atoms with Crippen LogP contribution in [0.1, 0.15) is 23.7 Å². The third-order valence-electron chi connectivity index (χ3n) is 2.51. The minimum absolute atomic E-state index is 0.0828. The van der Waals surface area contributed by atoms with Crippen molar-refractivity contribution in [3.63, 3.8) is 0 Å². The zero-order valence-corrected chi connectivity index (χ0v) is 10.6. The molecule has 0 spiro atoms. The topological polar surface area (TPSA) is 66.9 Å². The Kier molecular flexibility index (Phi) is 4.19. The number of carbonyl (C=O) groups is 1. The van der Waals surface area contributed by atoms with E-state index in [-0.39, 0.29) is 5.91 Å². The van der Waals surface area contributed by atoms with Crippen LogP contribution in [0.3, 0.4) is 0 Å². The molecule has 0 saturated carbocycles. The van der Waals surface area contributed by atoms with Crippen molar-refractivity contribution in [2.75, 3.05) is 23.4 Å². The Balaban J connectivity index is 1.93. The largest absolute Gasteiger partial charge is 0.355 e. The summed E-state index contributed by atoms with van der Waals surface area (Å²) in [6.45, 7) is 2.74. The molecule has 5 nitrogen and oxygen atoms in total. The third-order valence-corrected chi connectivity index (χ3v) is 3.68. The summed E-state index contributed by atoms with van der Waals surface area (Å²) >= 11 is 1.87. The molecule has 1 aliphatic heterocycles. The average molecular weight is 252 g/mol. The van der Waals surface area contributed by atoms with Crippen molar-refractivity contribution in [3.8, 4) is 0 Å². The molecule has 1 aromatic heterocycles. The maximum Gasteiger partial charge on any atom is 0.254 e. The van der Waals surface area contributed by atoms with Crippen molar-refractivity contribution >= 4 is 23.6 Å². The second kappa shape index (κ2) is 5.86. The van der Waals surface area contributed by atoms with Gasteiger partial charge in [-0.25, -0.2) is 9.97 Å². The monoisotopic (exact) mass is 252 g/mol. The van der Waals surface area contributed by atoms with Crippen LogP contribution in [0.5, 0.6) is 0 Å². The van der Waals surface area contributed by atoms with Crippen molar-refractivity contribution in [3.05, 3.63) is 18.0 Å². The maximum absolute atomic E-state index is 11.8. The number of nitrogens with one attached hydrogen (secondary N) is 2. The van der Waals surface area contributed by atoms with Crippen molar-refractivity contribution < 1.29 is 4.79 Å². The van der Waals surface area contributed by atoms with E-state index in [0.29, 0.717) is 17.6 Å². The van der Waals surface area contributed by atoms with Crippen LogP contribution in [-0.2, 0) is 0 Å². The molecule has 2 rings (SSSR count). The maximum atomic E-state index is 11.8. The van der Waals surface area contributed by atoms with Crippen molar-refractivity contribution in [1.29, 1.82) is 0 Å². The highest BCUT2D eigenvalue weighted by Gasteiger charge is 2.18. The predicted molar refractivity (Wildman–Crippen MR) is 69.4 cm³/mol. The van der Waals surface area contributed by atoms with Gasteiger partial charge in [-0.3, -0.25) is 4.79 Å². The molecule has 1 amide bonds. The van der Waals surface area contributed by atoms with E-state index in [0.717, 1.165) is 24.5 Å². The number of nitrogens with zero attached hydrogens (tertiary/aromatic N) is 2. The Morgan fingerprint density at radius 2 is 2.29 bits per heavy atom. The fraction of sp³-hybridized carbons (Fsp3) is 0.545. The molecule has 2 heterocycles. The minimum atomic E-state index is -0.0828. The van der Waals surface area contributed by atoms with Gasteiger partial charge in [-0.05, 0) is 19.1 Å². The van der Waals surface area contributed by atoms with Crippen molar-refractivity contribution in [2.45, 2.75) is 19.4 Å². The minimum Gasteiger partial charge on any atom is -0.355 e. The molecule has 1 saturated heterocycles. The SMILES string of the molecule is CCNc1ncc(C(=O)N[C@@H]2CCSC2)cn1. The van der Waals surface area contributed by atoms with Gasteiger partial charge < -0.3 is 10.6 Å². The van der Waals surface area contributed by atoms with Gasteiger partial charge >= 0.3 is 0 Å². The molecule has 92 valence electrons. The highest BCUT2D eigenvalue weighted by molar-refractivity contribution is 7.99. The van der Waals surface area contributed by atoms with Crippen LogP contribution in [0.15, 0.2) is 12.4 Å². The molecular weight excluding hydrogens is 236 g/mol. The zero-order chi connectivity index (χ0) is 12.1. The second-order valence-electron chi connectivity index (χ2n) is 3.86. The summed E-state index contributed by atoms with van der Waals surface area (Å²) in [4.78, 5) is 20.0. The lowest BCUT2D eigenvalue weighted by Crippen LogP contribution is -2.34. The van der Waals surface area contributed by atoms with Gasteiger partial charge in [-0.1, -0.05) is 0 Å². The van der Waals surface area contributed by atoms with Crippen LogP contribution in [0.4, 0.5) is 5.95 Å². The summed E-state index contributed by atoms with van der Waals surface area (Å²) < 4.78 is 0. The second-order valence-corrected chi connectivity index (χ2v) is 5.01. The average Bonchev–Trinajstić information content (AvgIpc) is 2.83. The normalized spacial score (nSPS) is 19.0. The Morgan fingerprint density at radius 3 is 2.88 bits per heavy atom. The highest BCUT2D eigenvalue weighted by atomic mass is 32.2. The number of thioether (sulfide) groups is 1. The quantitative estimate of drug-likeness (QED) is 0.841. The summed E-state index contributed by atoms with van der Waals surface area (Å²) in [7, 11) is 0. The van der Waals surface area contributed by atoms with E-state index in [9.17, 15) is 4.79 Å². The first kappa shape index (κ1) is 12.2. The van der Waals surface area contributed by atoms with E-state index in [1.54, 1.807) is 12.4 Å². The van der Waals surface area contributed by atoms with E-state index < -0.39 is 0 Å². The molecule has 0 unspecified atom stereocenters. The van der Waals surface area contributed by atoms with Crippen LogP contribution in [-0.4, -0.2) is 40.0 Å². The first-order chi connectivity index (χ1) is 8.29. The van der Waals surface area contributed by atoms with Crippen LogP contribution in [0.2, 0.25) is 0 Å². The molecule has 1 fully saturated rings. The number of amides is 1. The molecule has 2 N–H and O–H groups in total. The van der Waals surface area contributed by atoms with Gasteiger partial charge in [-0.2, -0.15) is 11.8 Å². The van der Waals surface area contributed by atoms with Gasteiger partial charge in [0.2, 0.25) is 5.95 Å². The third kappa shape index (κ3) is 3.33. The molecule has 6 heteroatoms. The number of rotatable bonds is 4. The van der Waals surface area contributed by atoms with E-state index in [1.807, 2.05) is 18.7 Å². The molecule has 17 heavy (non-hydrogen) atoms. The number of anilines is 1. The summed E-state index contributed by atoms with van der Waals surface area (Å²) in [6, 6.07) is 0.293. The Hall–Kier alpha value is -1.30. The first-order valence-electron chi connectivity index (χ1n) is 5.74. The summed E-state index contributed by atoms with van der Waals surface area (Å²) in [5.74, 6) is 2.60. The Labute approximate surface area is 105 Å². The van der Waals surface area contributed by atoms with Crippen molar-refractivity contribution in [2.24, 2.45) is 0 Å². The number of hydrogen-bond acceptors (Lipinski definition) is 5. The highest BCUT2D eigenvalue weighted by Crippen LogP contribution is 2.17. The van der Waals surface area contributed by atoms with Gasteiger partial charge in [0.15, 0.2) is 0 Å².